The maximum atomic E-state index is 12.2. The van der Waals surface area contributed by atoms with Gasteiger partial charge in [0.1, 0.15) is 17.4 Å². The van der Waals surface area contributed by atoms with Gasteiger partial charge in [-0.25, -0.2) is 0 Å². The van der Waals surface area contributed by atoms with E-state index < -0.39 is 24.5 Å². The molecule has 1 rings (SSSR count). The van der Waals surface area contributed by atoms with Crippen LogP contribution in [0, 0.1) is 16.7 Å². The molecule has 31 heavy (non-hydrogen) atoms. The number of amides is 1. The Morgan fingerprint density at radius 1 is 1.26 bits per heavy atom. The molecule has 0 aliphatic rings. The monoisotopic (exact) mass is 429 g/mol. The second kappa shape index (κ2) is 11.9. The summed E-state index contributed by atoms with van der Waals surface area (Å²) >= 11 is 0. The molecule has 7 nitrogen and oxygen atoms in total. The molecule has 0 saturated heterocycles. The first-order chi connectivity index (χ1) is 14.3. The molecule has 0 fully saturated rings. The second-order valence-corrected chi connectivity index (χ2v) is 9.89. The molecule has 0 heterocycles. The molecular weight excluding hydrogens is 393 g/mol. The molecule has 4 N–H and O–H groups in total. The van der Waals surface area contributed by atoms with Gasteiger partial charge in [-0.3, -0.25) is 4.79 Å². The molecule has 1 aromatic carbocycles. The smallest absolute Gasteiger partial charge is 0.469 e. The summed E-state index contributed by atoms with van der Waals surface area (Å²) in [7, 11) is -1.41. The number of hydrogen-bond acceptors (Lipinski definition) is 6. The van der Waals surface area contributed by atoms with E-state index in [1.54, 1.807) is 18.2 Å². The van der Waals surface area contributed by atoms with Crippen molar-refractivity contribution in [3.63, 3.8) is 0 Å². The minimum absolute atomic E-state index is 0.0160. The van der Waals surface area contributed by atoms with Gasteiger partial charge in [0.25, 0.3) is 5.91 Å². The fourth-order valence-corrected chi connectivity index (χ4v) is 2.91. The first kappa shape index (κ1) is 26.7. The zero-order chi connectivity index (χ0) is 23.7. The summed E-state index contributed by atoms with van der Waals surface area (Å²) in [5.41, 5.74) is 0.288. The maximum Gasteiger partial charge on any atom is 0.469 e. The predicted octanol–water partition coefficient (Wildman–Crippen LogP) is 2.68. The van der Waals surface area contributed by atoms with Crippen molar-refractivity contribution >= 4 is 19.1 Å². The van der Waals surface area contributed by atoms with Gasteiger partial charge in [-0.15, -0.1) is 0 Å². The van der Waals surface area contributed by atoms with Crippen LogP contribution >= 0.6 is 0 Å². The number of nitrogens with one attached hydrogen (secondary N) is 2. The van der Waals surface area contributed by atoms with Crippen LogP contribution in [0.3, 0.4) is 0 Å². The van der Waals surface area contributed by atoms with Crippen LogP contribution in [0.15, 0.2) is 29.8 Å². The SMILES string of the molecule is CC(C)(C)C[C@H](NCCCOc1cccc(C=C(C#N)C(=O)NC(C)(C)C)c1)B(O)O. The van der Waals surface area contributed by atoms with Gasteiger partial charge in [-0.1, -0.05) is 32.9 Å². The molecule has 0 spiro atoms. The second-order valence-electron chi connectivity index (χ2n) is 9.89. The van der Waals surface area contributed by atoms with Crippen LogP contribution in [0.25, 0.3) is 6.08 Å². The third kappa shape index (κ3) is 11.6. The number of nitrogens with zero attached hydrogens (tertiary/aromatic N) is 1. The molecule has 1 aromatic rings. The van der Waals surface area contributed by atoms with E-state index >= 15 is 0 Å². The van der Waals surface area contributed by atoms with Crippen LogP contribution in [0.2, 0.25) is 0 Å². The Bertz CT molecular complexity index is 789. The largest absolute Gasteiger partial charge is 0.494 e. The molecule has 0 saturated carbocycles. The molecule has 0 bridgehead atoms. The van der Waals surface area contributed by atoms with E-state index in [2.05, 4.69) is 31.4 Å². The number of ether oxygens (including phenoxy) is 1. The van der Waals surface area contributed by atoms with Gasteiger partial charge in [-0.2, -0.15) is 5.26 Å². The number of hydrogen-bond donors (Lipinski definition) is 4. The molecule has 0 aliphatic carbocycles. The number of rotatable bonds is 10. The Labute approximate surface area is 186 Å². The molecule has 170 valence electrons. The molecule has 0 unspecified atom stereocenters. The van der Waals surface area contributed by atoms with E-state index in [9.17, 15) is 20.1 Å². The van der Waals surface area contributed by atoms with Gasteiger partial charge in [0.2, 0.25) is 0 Å². The van der Waals surface area contributed by atoms with Crippen molar-refractivity contribution in [3.05, 3.63) is 35.4 Å². The first-order valence-corrected chi connectivity index (χ1v) is 10.6. The van der Waals surface area contributed by atoms with Crippen LogP contribution in [0.5, 0.6) is 5.75 Å². The summed E-state index contributed by atoms with van der Waals surface area (Å²) in [4.78, 5) is 12.2. The van der Waals surface area contributed by atoms with Crippen molar-refractivity contribution in [2.75, 3.05) is 13.2 Å². The van der Waals surface area contributed by atoms with Gasteiger partial charge in [0, 0.05) is 11.5 Å². The Balaban J connectivity index is 2.61. The lowest BCUT2D eigenvalue weighted by Gasteiger charge is -2.26. The summed E-state index contributed by atoms with van der Waals surface area (Å²) in [5, 5.41) is 34.4. The van der Waals surface area contributed by atoms with E-state index in [0.717, 1.165) is 0 Å². The van der Waals surface area contributed by atoms with Crippen molar-refractivity contribution in [2.24, 2.45) is 5.41 Å². The van der Waals surface area contributed by atoms with Crippen molar-refractivity contribution in [2.45, 2.75) is 65.9 Å². The van der Waals surface area contributed by atoms with Crippen molar-refractivity contribution in [3.8, 4) is 11.8 Å². The van der Waals surface area contributed by atoms with Gasteiger partial charge in [-0.05, 0) is 69.3 Å². The van der Waals surface area contributed by atoms with Crippen LogP contribution in [0.4, 0.5) is 0 Å². The van der Waals surface area contributed by atoms with Crippen LogP contribution < -0.4 is 15.4 Å². The average Bonchev–Trinajstić information content (AvgIpc) is 2.62. The van der Waals surface area contributed by atoms with Crippen LogP contribution in [-0.4, -0.2) is 47.7 Å². The highest BCUT2D eigenvalue weighted by Crippen LogP contribution is 2.21. The van der Waals surface area contributed by atoms with Gasteiger partial charge in [0.15, 0.2) is 0 Å². The first-order valence-electron chi connectivity index (χ1n) is 10.6. The van der Waals surface area contributed by atoms with E-state index in [0.29, 0.717) is 37.3 Å². The van der Waals surface area contributed by atoms with Gasteiger partial charge < -0.3 is 25.4 Å². The van der Waals surface area contributed by atoms with Crippen molar-refractivity contribution < 1.29 is 19.6 Å². The minimum atomic E-state index is -1.41. The van der Waals surface area contributed by atoms with Crippen molar-refractivity contribution in [1.82, 2.24) is 10.6 Å². The van der Waals surface area contributed by atoms with E-state index in [1.165, 1.54) is 6.08 Å². The average molecular weight is 429 g/mol. The highest BCUT2D eigenvalue weighted by molar-refractivity contribution is 6.43. The van der Waals surface area contributed by atoms with Crippen LogP contribution in [-0.2, 0) is 4.79 Å². The molecule has 1 atom stereocenters. The highest BCUT2D eigenvalue weighted by atomic mass is 16.5. The third-order valence-electron chi connectivity index (χ3n) is 4.21. The lowest BCUT2D eigenvalue weighted by molar-refractivity contribution is -0.118. The van der Waals surface area contributed by atoms with Gasteiger partial charge in [0.05, 0.1) is 6.61 Å². The predicted molar refractivity (Wildman–Crippen MR) is 124 cm³/mol. The molecular formula is C23H36BN3O4. The highest BCUT2D eigenvalue weighted by Gasteiger charge is 2.27. The minimum Gasteiger partial charge on any atom is -0.494 e. The Morgan fingerprint density at radius 2 is 1.94 bits per heavy atom. The maximum absolute atomic E-state index is 12.2. The standard InChI is InChI=1S/C23H36BN3O4/c1-22(2,3)15-20(24(29)30)26-11-8-12-31-19-10-7-9-17(14-19)13-18(16-25)21(28)27-23(4,5)6/h7,9-10,13-14,20,26,29-30H,8,11-12,15H2,1-6H3,(H,27,28)/t20-/m0/s1. The summed E-state index contributed by atoms with van der Waals surface area (Å²) in [6.07, 6.45) is 2.87. The molecule has 0 aliphatic heterocycles. The van der Waals surface area contributed by atoms with E-state index in [4.69, 9.17) is 4.74 Å². The fourth-order valence-electron chi connectivity index (χ4n) is 2.91. The van der Waals surface area contributed by atoms with E-state index in [-0.39, 0.29) is 11.0 Å². The zero-order valence-corrected chi connectivity index (χ0v) is 19.5. The Morgan fingerprint density at radius 3 is 2.48 bits per heavy atom. The lowest BCUT2D eigenvalue weighted by atomic mass is 9.71. The lowest BCUT2D eigenvalue weighted by Crippen LogP contribution is -2.46. The summed E-state index contributed by atoms with van der Waals surface area (Å²) in [6.45, 7) is 12.8. The summed E-state index contributed by atoms with van der Waals surface area (Å²) in [6, 6.07) is 9.14. The third-order valence-corrected chi connectivity index (χ3v) is 4.21. The fraction of sp³-hybridized carbons (Fsp3) is 0.565. The van der Waals surface area contributed by atoms with Gasteiger partial charge >= 0.3 is 7.12 Å². The summed E-state index contributed by atoms with van der Waals surface area (Å²) < 4.78 is 5.77. The number of benzene rings is 1. The van der Waals surface area contributed by atoms with Crippen LogP contribution in [0.1, 0.15) is 59.9 Å². The Kier molecular flexibility index (Phi) is 10.2. The normalized spacial score (nSPS) is 13.3. The summed E-state index contributed by atoms with van der Waals surface area (Å²) in [5.74, 6) is -0.170. The number of carbonyl (C=O) groups excluding carboxylic acids is 1. The molecule has 0 aromatic heterocycles. The number of carbonyl (C=O) groups is 1. The molecule has 0 radical (unpaired) electrons. The quantitative estimate of drug-likeness (QED) is 0.197. The van der Waals surface area contributed by atoms with Crippen molar-refractivity contribution in [1.29, 1.82) is 5.26 Å². The molecule has 8 heteroatoms. The zero-order valence-electron chi connectivity index (χ0n) is 19.5. The topological polar surface area (TPSA) is 115 Å². The Hall–Kier alpha value is -2.34. The van der Waals surface area contributed by atoms with E-state index in [1.807, 2.05) is 32.9 Å². The number of nitriles is 1. The molecule has 1 amide bonds.